The predicted octanol–water partition coefficient (Wildman–Crippen LogP) is 1.94. The van der Waals surface area contributed by atoms with Crippen molar-refractivity contribution in [1.29, 1.82) is 0 Å². The molecule has 0 amide bonds. The molecule has 2 aromatic heterocycles. The zero-order valence-corrected chi connectivity index (χ0v) is 8.62. The molecule has 0 unspecified atom stereocenters. The lowest BCUT2D eigenvalue weighted by Gasteiger charge is -1.79. The van der Waals surface area contributed by atoms with E-state index >= 15 is 0 Å². The van der Waals surface area contributed by atoms with Crippen LogP contribution in [-0.4, -0.2) is 19.9 Å². The number of hydrogen-bond donors (Lipinski definition) is 2. The van der Waals surface area contributed by atoms with Crippen molar-refractivity contribution in [2.24, 2.45) is 0 Å². The van der Waals surface area contributed by atoms with Crippen LogP contribution >= 0.6 is 0 Å². The first-order valence-corrected chi connectivity index (χ1v) is 4.83. The van der Waals surface area contributed by atoms with Crippen molar-refractivity contribution in [3.05, 3.63) is 36.4 Å². The quantitative estimate of drug-likeness (QED) is 0.764. The number of aromatic amines is 2. The average Bonchev–Trinajstić information content (AvgIpc) is 2.92. The van der Waals surface area contributed by atoms with Gasteiger partial charge in [-0.1, -0.05) is 13.8 Å². The molecule has 76 valence electrons. The molecule has 2 rings (SSSR count). The molecule has 4 heteroatoms. The van der Waals surface area contributed by atoms with Gasteiger partial charge in [0.2, 0.25) is 0 Å². The van der Waals surface area contributed by atoms with Gasteiger partial charge in [-0.3, -0.25) is 0 Å². The van der Waals surface area contributed by atoms with Crippen LogP contribution in [0.15, 0.2) is 24.8 Å². The van der Waals surface area contributed by atoms with Gasteiger partial charge in [0.1, 0.15) is 11.6 Å². The van der Waals surface area contributed by atoms with Crippen LogP contribution in [-0.2, 0) is 12.8 Å². The lowest BCUT2D eigenvalue weighted by atomic mass is 10.5. The standard InChI is InChI=1S/2C5H8N2/c2*1-2-5-6-3-4-7-5/h2*3-4H,2H2,1H3,(H,6,7). The zero-order chi connectivity index (χ0) is 10.2. The zero-order valence-electron chi connectivity index (χ0n) is 8.62. The van der Waals surface area contributed by atoms with Gasteiger partial charge in [-0.05, 0) is 0 Å². The number of rotatable bonds is 2. The summed E-state index contributed by atoms with van der Waals surface area (Å²) in [5.74, 6) is 2.11. The minimum Gasteiger partial charge on any atom is -0.349 e. The maximum absolute atomic E-state index is 3.98. The smallest absolute Gasteiger partial charge is 0.105 e. The molecule has 0 saturated heterocycles. The molecule has 0 bridgehead atoms. The third kappa shape index (κ3) is 3.43. The van der Waals surface area contributed by atoms with Crippen LogP contribution in [0.2, 0.25) is 0 Å². The van der Waals surface area contributed by atoms with E-state index in [0.29, 0.717) is 0 Å². The Kier molecular flexibility index (Phi) is 4.47. The third-order valence-corrected chi connectivity index (χ3v) is 1.78. The minimum absolute atomic E-state index is 0.993. The van der Waals surface area contributed by atoms with Crippen LogP contribution in [0.4, 0.5) is 0 Å². The van der Waals surface area contributed by atoms with Gasteiger partial charge in [0, 0.05) is 37.6 Å². The molecule has 2 aromatic rings. The summed E-state index contributed by atoms with van der Waals surface area (Å²) in [6.07, 6.45) is 9.18. The van der Waals surface area contributed by atoms with Crippen LogP contribution < -0.4 is 0 Å². The monoisotopic (exact) mass is 192 g/mol. The molecule has 0 radical (unpaired) electrons. The number of imidazole rings is 2. The number of nitrogens with one attached hydrogen (secondary N) is 2. The highest BCUT2D eigenvalue weighted by atomic mass is 14.9. The summed E-state index contributed by atoms with van der Waals surface area (Å²) < 4.78 is 0. The molecule has 0 aliphatic carbocycles. The summed E-state index contributed by atoms with van der Waals surface area (Å²) >= 11 is 0. The Morgan fingerprint density at radius 3 is 1.50 bits per heavy atom. The summed E-state index contributed by atoms with van der Waals surface area (Å²) in [4.78, 5) is 13.9. The molecule has 4 nitrogen and oxygen atoms in total. The summed E-state index contributed by atoms with van der Waals surface area (Å²) in [7, 11) is 0. The fourth-order valence-corrected chi connectivity index (χ4v) is 0.983. The van der Waals surface area contributed by atoms with Crippen LogP contribution in [0.3, 0.4) is 0 Å². The fraction of sp³-hybridized carbons (Fsp3) is 0.400. The number of aromatic nitrogens is 4. The Bertz CT molecular complexity index is 276. The van der Waals surface area contributed by atoms with Crippen molar-refractivity contribution in [2.45, 2.75) is 26.7 Å². The highest BCUT2D eigenvalue weighted by Gasteiger charge is 1.83. The summed E-state index contributed by atoms with van der Waals surface area (Å²) in [5.41, 5.74) is 0. The maximum Gasteiger partial charge on any atom is 0.105 e. The van der Waals surface area contributed by atoms with Crippen molar-refractivity contribution >= 4 is 0 Å². The molecular weight excluding hydrogens is 176 g/mol. The Hall–Kier alpha value is -1.58. The molecular formula is C10H16N4. The molecule has 0 aliphatic rings. The molecule has 0 aliphatic heterocycles. The van der Waals surface area contributed by atoms with Crippen LogP contribution in [0.5, 0.6) is 0 Å². The first-order chi connectivity index (χ1) is 6.86. The Morgan fingerprint density at radius 1 is 0.929 bits per heavy atom. The van der Waals surface area contributed by atoms with Gasteiger partial charge in [0.25, 0.3) is 0 Å². The second-order valence-corrected chi connectivity index (χ2v) is 2.78. The fourth-order valence-electron chi connectivity index (χ4n) is 0.983. The number of H-pyrrole nitrogens is 2. The molecule has 2 heterocycles. The number of aryl methyl sites for hydroxylation is 2. The maximum atomic E-state index is 3.98. The largest absolute Gasteiger partial charge is 0.349 e. The highest BCUT2D eigenvalue weighted by Crippen LogP contribution is 1.86. The molecule has 0 spiro atoms. The second kappa shape index (κ2) is 5.96. The summed E-state index contributed by atoms with van der Waals surface area (Å²) in [6, 6.07) is 0. The Labute approximate surface area is 83.8 Å². The van der Waals surface area contributed by atoms with Gasteiger partial charge in [-0.15, -0.1) is 0 Å². The Balaban J connectivity index is 0.000000140. The van der Waals surface area contributed by atoms with Crippen molar-refractivity contribution in [2.75, 3.05) is 0 Å². The van der Waals surface area contributed by atoms with E-state index in [4.69, 9.17) is 0 Å². The topological polar surface area (TPSA) is 57.4 Å². The van der Waals surface area contributed by atoms with E-state index in [1.165, 1.54) is 0 Å². The van der Waals surface area contributed by atoms with Crippen LogP contribution in [0.1, 0.15) is 25.5 Å². The second-order valence-electron chi connectivity index (χ2n) is 2.78. The van der Waals surface area contributed by atoms with E-state index in [1.807, 2.05) is 12.4 Å². The molecule has 14 heavy (non-hydrogen) atoms. The van der Waals surface area contributed by atoms with Gasteiger partial charge in [0.15, 0.2) is 0 Å². The van der Waals surface area contributed by atoms with Gasteiger partial charge >= 0.3 is 0 Å². The molecule has 2 N–H and O–H groups in total. The minimum atomic E-state index is 0.993. The normalized spacial score (nSPS) is 9.29. The van der Waals surface area contributed by atoms with Crippen molar-refractivity contribution in [1.82, 2.24) is 19.9 Å². The first kappa shape index (κ1) is 10.5. The molecule has 0 fully saturated rings. The van der Waals surface area contributed by atoms with E-state index in [1.54, 1.807) is 12.4 Å². The number of nitrogens with zero attached hydrogens (tertiary/aromatic N) is 2. The summed E-state index contributed by atoms with van der Waals surface area (Å²) in [6.45, 7) is 4.14. The van der Waals surface area contributed by atoms with Crippen LogP contribution in [0, 0.1) is 0 Å². The first-order valence-electron chi connectivity index (χ1n) is 4.83. The number of hydrogen-bond acceptors (Lipinski definition) is 2. The van der Waals surface area contributed by atoms with E-state index in [9.17, 15) is 0 Å². The molecule has 0 saturated carbocycles. The van der Waals surface area contributed by atoms with E-state index in [-0.39, 0.29) is 0 Å². The van der Waals surface area contributed by atoms with E-state index in [0.717, 1.165) is 24.5 Å². The summed E-state index contributed by atoms with van der Waals surface area (Å²) in [5, 5.41) is 0. The van der Waals surface area contributed by atoms with Gasteiger partial charge in [-0.2, -0.15) is 0 Å². The van der Waals surface area contributed by atoms with E-state index in [2.05, 4.69) is 33.8 Å². The lowest BCUT2D eigenvalue weighted by molar-refractivity contribution is 0.989. The highest BCUT2D eigenvalue weighted by molar-refractivity contribution is 4.85. The lowest BCUT2D eigenvalue weighted by Crippen LogP contribution is -1.78. The van der Waals surface area contributed by atoms with Crippen LogP contribution in [0.25, 0.3) is 0 Å². The molecule has 0 aromatic carbocycles. The van der Waals surface area contributed by atoms with Crippen molar-refractivity contribution in [3.8, 4) is 0 Å². The van der Waals surface area contributed by atoms with Crippen molar-refractivity contribution < 1.29 is 0 Å². The van der Waals surface area contributed by atoms with Gasteiger partial charge in [0.05, 0.1) is 0 Å². The molecule has 0 atom stereocenters. The van der Waals surface area contributed by atoms with Gasteiger partial charge in [-0.25, -0.2) is 9.97 Å². The SMILES string of the molecule is CCc1ncc[nH]1.CCc1ncc[nH]1. The Morgan fingerprint density at radius 2 is 1.36 bits per heavy atom. The average molecular weight is 192 g/mol. The third-order valence-electron chi connectivity index (χ3n) is 1.78. The van der Waals surface area contributed by atoms with Gasteiger partial charge < -0.3 is 9.97 Å². The van der Waals surface area contributed by atoms with E-state index < -0.39 is 0 Å². The van der Waals surface area contributed by atoms with Crippen molar-refractivity contribution in [3.63, 3.8) is 0 Å². The predicted molar refractivity (Wildman–Crippen MR) is 55.9 cm³/mol.